The summed E-state index contributed by atoms with van der Waals surface area (Å²) >= 11 is 0. The van der Waals surface area contributed by atoms with Gasteiger partial charge in [0.2, 0.25) is 0 Å². The summed E-state index contributed by atoms with van der Waals surface area (Å²) < 4.78 is 0. The maximum Gasteiger partial charge on any atom is 0.303 e. The lowest BCUT2D eigenvalue weighted by molar-refractivity contribution is -0.137. The van der Waals surface area contributed by atoms with Gasteiger partial charge in [0, 0.05) is 25.3 Å². The Morgan fingerprint density at radius 3 is 1.82 bits per heavy atom. The van der Waals surface area contributed by atoms with Crippen molar-refractivity contribution in [3.8, 4) is 0 Å². The summed E-state index contributed by atoms with van der Waals surface area (Å²) in [5.74, 6) is -0.587. The number of hydrogen-bond acceptors (Lipinski definition) is 3. The Morgan fingerprint density at radius 2 is 1.23 bits per heavy atom. The van der Waals surface area contributed by atoms with E-state index in [4.69, 9.17) is 5.11 Å². The van der Waals surface area contributed by atoms with Crippen LogP contribution in [-0.4, -0.2) is 22.0 Å². The van der Waals surface area contributed by atoms with E-state index in [9.17, 15) is 14.7 Å². The van der Waals surface area contributed by atoms with Crippen LogP contribution in [0.3, 0.4) is 0 Å². The topological polar surface area (TPSA) is 74.6 Å². The lowest BCUT2D eigenvalue weighted by atomic mass is 10.1. The number of hydrogen-bond donors (Lipinski definition) is 2. The van der Waals surface area contributed by atoms with E-state index in [0.29, 0.717) is 19.3 Å². The molecule has 22 heavy (non-hydrogen) atoms. The largest absolute Gasteiger partial charge is 0.512 e. The second kappa shape index (κ2) is 14.6. The Labute approximate surface area is 134 Å². The number of carboxylic acid groups (broad SMARTS) is 1. The summed E-state index contributed by atoms with van der Waals surface area (Å²) in [4.78, 5) is 22.0. The van der Waals surface area contributed by atoms with Gasteiger partial charge in [0.05, 0.1) is 5.76 Å². The predicted octanol–water partition coefficient (Wildman–Crippen LogP) is 5.17. The van der Waals surface area contributed by atoms with Crippen molar-refractivity contribution in [1.29, 1.82) is 0 Å². The van der Waals surface area contributed by atoms with Gasteiger partial charge in [-0.1, -0.05) is 51.9 Å². The third-order valence-corrected chi connectivity index (χ3v) is 3.68. The van der Waals surface area contributed by atoms with Crippen molar-refractivity contribution >= 4 is 11.8 Å². The van der Waals surface area contributed by atoms with E-state index in [2.05, 4.69) is 6.92 Å². The van der Waals surface area contributed by atoms with E-state index < -0.39 is 5.97 Å². The van der Waals surface area contributed by atoms with E-state index in [1.54, 1.807) is 0 Å². The molecular formula is C18H32O4. The van der Waals surface area contributed by atoms with Crippen LogP contribution in [0, 0.1) is 0 Å². The monoisotopic (exact) mass is 312 g/mol. The smallest absolute Gasteiger partial charge is 0.303 e. The molecule has 0 fully saturated rings. The summed E-state index contributed by atoms with van der Waals surface area (Å²) in [6.07, 6.45) is 12.7. The van der Waals surface area contributed by atoms with Crippen LogP contribution in [0.5, 0.6) is 0 Å². The highest BCUT2D eigenvalue weighted by molar-refractivity contribution is 5.89. The summed E-state index contributed by atoms with van der Waals surface area (Å²) in [5, 5.41) is 18.2. The molecule has 0 bridgehead atoms. The van der Waals surface area contributed by atoms with Gasteiger partial charge in [-0.15, -0.1) is 0 Å². The summed E-state index contributed by atoms with van der Waals surface area (Å²) in [5.41, 5.74) is 0. The number of aliphatic carboxylic acids is 1. The number of ketones is 1. The Morgan fingerprint density at radius 1 is 0.727 bits per heavy atom. The molecule has 0 rings (SSSR count). The zero-order chi connectivity index (χ0) is 16.6. The highest BCUT2D eigenvalue weighted by atomic mass is 16.4. The first-order valence-corrected chi connectivity index (χ1v) is 8.70. The minimum atomic E-state index is -0.761. The summed E-state index contributed by atoms with van der Waals surface area (Å²) in [6.45, 7) is 2.18. The number of unbranched alkanes of at least 4 members (excludes halogenated alkanes) is 8. The van der Waals surface area contributed by atoms with Crippen molar-refractivity contribution in [1.82, 2.24) is 0 Å². The van der Waals surface area contributed by atoms with Gasteiger partial charge in [-0.2, -0.15) is 0 Å². The normalized spacial score (nSPS) is 11.6. The molecule has 0 radical (unpaired) electrons. The summed E-state index contributed by atoms with van der Waals surface area (Å²) in [6, 6.07) is 0. The molecule has 2 N–H and O–H groups in total. The number of carbonyl (C=O) groups excluding carboxylic acids is 1. The molecule has 0 aliphatic heterocycles. The molecule has 0 aromatic heterocycles. The predicted molar refractivity (Wildman–Crippen MR) is 89.0 cm³/mol. The van der Waals surface area contributed by atoms with E-state index in [-0.39, 0.29) is 18.0 Å². The maximum absolute atomic E-state index is 11.7. The van der Waals surface area contributed by atoms with Crippen molar-refractivity contribution in [2.24, 2.45) is 0 Å². The fraction of sp³-hybridized carbons (Fsp3) is 0.778. The van der Waals surface area contributed by atoms with Crippen molar-refractivity contribution in [2.75, 3.05) is 0 Å². The van der Waals surface area contributed by atoms with Crippen LogP contribution in [0.4, 0.5) is 0 Å². The van der Waals surface area contributed by atoms with Gasteiger partial charge in [0.15, 0.2) is 5.78 Å². The van der Waals surface area contributed by atoms with Crippen LogP contribution in [0.25, 0.3) is 0 Å². The van der Waals surface area contributed by atoms with Gasteiger partial charge in [-0.3, -0.25) is 9.59 Å². The van der Waals surface area contributed by atoms with Crippen LogP contribution in [-0.2, 0) is 9.59 Å². The van der Waals surface area contributed by atoms with Crippen molar-refractivity contribution in [2.45, 2.75) is 90.4 Å². The molecule has 0 aliphatic rings. The molecule has 0 heterocycles. The quantitative estimate of drug-likeness (QED) is 0.248. The zero-order valence-corrected chi connectivity index (χ0v) is 14.0. The Hall–Kier alpha value is -1.32. The average Bonchev–Trinajstić information content (AvgIpc) is 2.46. The molecular weight excluding hydrogens is 280 g/mol. The lowest BCUT2D eigenvalue weighted by Gasteiger charge is -2.02. The second-order valence-electron chi connectivity index (χ2n) is 5.93. The van der Waals surface area contributed by atoms with Crippen molar-refractivity contribution in [3.05, 3.63) is 11.8 Å². The molecule has 0 unspecified atom stereocenters. The van der Waals surface area contributed by atoms with Crippen LogP contribution in [0.1, 0.15) is 90.4 Å². The molecule has 0 aliphatic carbocycles. The van der Waals surface area contributed by atoms with Gasteiger partial charge in [-0.05, 0) is 19.3 Å². The molecule has 0 saturated carbocycles. The highest BCUT2D eigenvalue weighted by Gasteiger charge is 2.02. The molecule has 128 valence electrons. The first-order chi connectivity index (χ1) is 10.6. The molecule has 4 nitrogen and oxygen atoms in total. The maximum atomic E-state index is 11.7. The Bertz CT molecular complexity index is 334. The first kappa shape index (κ1) is 20.7. The van der Waals surface area contributed by atoms with Gasteiger partial charge in [-0.25, -0.2) is 0 Å². The molecule has 0 amide bonds. The Balaban J connectivity index is 3.55. The Kier molecular flexibility index (Phi) is 13.7. The fourth-order valence-corrected chi connectivity index (χ4v) is 2.35. The zero-order valence-electron chi connectivity index (χ0n) is 14.0. The SMILES string of the molecule is CCCCCCCCC(=O)C=C(O)CCCCCCC(=O)O. The van der Waals surface area contributed by atoms with Crippen LogP contribution in [0.15, 0.2) is 11.8 Å². The van der Waals surface area contributed by atoms with Crippen LogP contribution >= 0.6 is 0 Å². The van der Waals surface area contributed by atoms with E-state index in [1.165, 1.54) is 31.8 Å². The number of carboxylic acids is 1. The second-order valence-corrected chi connectivity index (χ2v) is 5.93. The minimum absolute atomic E-state index is 0.0128. The number of carbonyl (C=O) groups is 2. The number of rotatable bonds is 15. The van der Waals surface area contributed by atoms with Crippen LogP contribution in [0.2, 0.25) is 0 Å². The molecule has 0 aromatic carbocycles. The van der Waals surface area contributed by atoms with Crippen molar-refractivity contribution < 1.29 is 19.8 Å². The number of allylic oxidation sites excluding steroid dienone is 2. The van der Waals surface area contributed by atoms with Gasteiger partial charge < -0.3 is 10.2 Å². The van der Waals surface area contributed by atoms with Gasteiger partial charge in [0.25, 0.3) is 0 Å². The highest BCUT2D eigenvalue weighted by Crippen LogP contribution is 2.11. The fourth-order valence-electron chi connectivity index (χ4n) is 2.35. The lowest BCUT2D eigenvalue weighted by Crippen LogP contribution is -1.96. The third kappa shape index (κ3) is 15.1. The molecule has 0 saturated heterocycles. The molecule has 0 aromatic rings. The van der Waals surface area contributed by atoms with E-state index >= 15 is 0 Å². The number of aliphatic hydroxyl groups is 1. The molecule has 4 heteroatoms. The minimum Gasteiger partial charge on any atom is -0.512 e. The van der Waals surface area contributed by atoms with Crippen molar-refractivity contribution in [3.63, 3.8) is 0 Å². The van der Waals surface area contributed by atoms with E-state index in [1.807, 2.05) is 0 Å². The standard InChI is InChI=1S/C18H32O4/c1-2-3-4-5-6-9-12-16(19)15-17(20)13-10-7-8-11-14-18(21)22/h15,20H,2-14H2,1H3,(H,21,22). The van der Waals surface area contributed by atoms with Gasteiger partial charge in [0.1, 0.15) is 0 Å². The number of aliphatic hydroxyl groups excluding tert-OH is 1. The van der Waals surface area contributed by atoms with Crippen LogP contribution < -0.4 is 0 Å². The molecule has 0 spiro atoms. The molecule has 0 atom stereocenters. The van der Waals surface area contributed by atoms with E-state index in [0.717, 1.165) is 32.1 Å². The first-order valence-electron chi connectivity index (χ1n) is 8.70. The average molecular weight is 312 g/mol. The van der Waals surface area contributed by atoms with Gasteiger partial charge >= 0.3 is 5.97 Å². The third-order valence-electron chi connectivity index (χ3n) is 3.68. The summed E-state index contributed by atoms with van der Waals surface area (Å²) in [7, 11) is 0.